The zero-order valence-corrected chi connectivity index (χ0v) is 11.4. The number of carbonyl (C=O) groups excluding carboxylic acids is 1. The van der Waals surface area contributed by atoms with Crippen LogP contribution in [0, 0.1) is 18.6 Å². The smallest absolute Gasteiger partial charge is 0.206 e. The number of aryl methyl sites for hydroxylation is 1. The minimum atomic E-state index is -1.08. The van der Waals surface area contributed by atoms with Gasteiger partial charge in [-0.25, -0.2) is 8.78 Å². The lowest BCUT2D eigenvalue weighted by Crippen LogP contribution is -2.05. The third kappa shape index (κ3) is 2.02. The van der Waals surface area contributed by atoms with Crippen LogP contribution in [0.4, 0.5) is 8.78 Å². The number of halogens is 2. The number of thiophene rings is 1. The molecular formula is C16H10F2OS. The molecule has 1 nitrogen and oxygen atoms in total. The Bertz CT molecular complexity index is 787. The highest BCUT2D eigenvalue weighted by atomic mass is 32.1. The lowest BCUT2D eigenvalue weighted by Gasteiger charge is -2.03. The van der Waals surface area contributed by atoms with E-state index >= 15 is 0 Å². The van der Waals surface area contributed by atoms with Crippen molar-refractivity contribution in [3.05, 3.63) is 70.1 Å². The summed E-state index contributed by atoms with van der Waals surface area (Å²) < 4.78 is 28.4. The monoisotopic (exact) mass is 288 g/mol. The van der Waals surface area contributed by atoms with Gasteiger partial charge in [0.05, 0.1) is 10.4 Å². The Kier molecular flexibility index (Phi) is 3.10. The number of fused-ring (bicyclic) bond motifs is 1. The van der Waals surface area contributed by atoms with Crippen LogP contribution in [0.1, 0.15) is 20.8 Å². The molecule has 0 aliphatic carbocycles. The van der Waals surface area contributed by atoms with Gasteiger partial charge in [0.15, 0.2) is 11.6 Å². The van der Waals surface area contributed by atoms with E-state index in [0.717, 1.165) is 10.1 Å². The maximum Gasteiger partial charge on any atom is 0.206 e. The number of carbonyl (C=O) groups is 1. The first-order valence-electron chi connectivity index (χ1n) is 6.06. The van der Waals surface area contributed by atoms with Crippen LogP contribution in [0.3, 0.4) is 0 Å². The van der Waals surface area contributed by atoms with Crippen LogP contribution in [-0.4, -0.2) is 5.78 Å². The number of hydrogen-bond acceptors (Lipinski definition) is 2. The molecule has 0 bridgehead atoms. The highest BCUT2D eigenvalue weighted by Gasteiger charge is 2.20. The van der Waals surface area contributed by atoms with Crippen molar-refractivity contribution in [2.75, 3.05) is 0 Å². The Morgan fingerprint density at radius 2 is 1.80 bits per heavy atom. The summed E-state index contributed by atoms with van der Waals surface area (Å²) in [4.78, 5) is 12.7. The first-order chi connectivity index (χ1) is 9.58. The van der Waals surface area contributed by atoms with Crippen LogP contribution in [0.5, 0.6) is 0 Å². The van der Waals surface area contributed by atoms with Crippen LogP contribution >= 0.6 is 11.3 Å². The van der Waals surface area contributed by atoms with Gasteiger partial charge in [-0.3, -0.25) is 4.79 Å². The Morgan fingerprint density at radius 1 is 1.05 bits per heavy atom. The fraction of sp³-hybridized carbons (Fsp3) is 0.0625. The van der Waals surface area contributed by atoms with Gasteiger partial charge in [-0.05, 0) is 36.1 Å². The van der Waals surface area contributed by atoms with E-state index in [2.05, 4.69) is 0 Å². The standard InChI is InChI=1S/C16H10F2OS/c1-9-6-7-11(15(18)14(9)17)16(19)13-8-10-4-2-3-5-12(10)20-13/h2-8H,1H3. The predicted molar refractivity (Wildman–Crippen MR) is 76.4 cm³/mol. The summed E-state index contributed by atoms with van der Waals surface area (Å²) >= 11 is 1.28. The number of rotatable bonds is 2. The SMILES string of the molecule is Cc1ccc(C(=O)c2cc3ccccc3s2)c(F)c1F. The van der Waals surface area contributed by atoms with Crippen molar-refractivity contribution in [2.24, 2.45) is 0 Å². The number of benzene rings is 2. The average molecular weight is 288 g/mol. The van der Waals surface area contributed by atoms with Crippen LogP contribution in [-0.2, 0) is 0 Å². The third-order valence-corrected chi connectivity index (χ3v) is 4.28. The molecule has 2 aromatic carbocycles. The Balaban J connectivity index is 2.11. The van der Waals surface area contributed by atoms with E-state index in [1.807, 2.05) is 24.3 Å². The molecule has 0 N–H and O–H groups in total. The van der Waals surface area contributed by atoms with Gasteiger partial charge >= 0.3 is 0 Å². The summed E-state index contributed by atoms with van der Waals surface area (Å²) in [6.45, 7) is 1.46. The largest absolute Gasteiger partial charge is 0.288 e. The first-order valence-corrected chi connectivity index (χ1v) is 6.87. The second-order valence-corrected chi connectivity index (χ2v) is 5.62. The van der Waals surface area contributed by atoms with Gasteiger partial charge in [-0.1, -0.05) is 24.3 Å². The quantitative estimate of drug-likeness (QED) is 0.624. The molecule has 0 aliphatic rings. The number of ketones is 1. The zero-order chi connectivity index (χ0) is 14.3. The summed E-state index contributed by atoms with van der Waals surface area (Å²) in [6.07, 6.45) is 0. The van der Waals surface area contributed by atoms with Crippen LogP contribution < -0.4 is 0 Å². The molecule has 20 heavy (non-hydrogen) atoms. The van der Waals surface area contributed by atoms with Crippen molar-refractivity contribution in [1.82, 2.24) is 0 Å². The molecule has 0 unspecified atom stereocenters. The number of hydrogen-bond donors (Lipinski definition) is 0. The first kappa shape index (κ1) is 12.9. The summed E-state index contributed by atoms with van der Waals surface area (Å²) in [6, 6.07) is 12.0. The van der Waals surface area contributed by atoms with Gasteiger partial charge in [0.1, 0.15) is 0 Å². The van der Waals surface area contributed by atoms with Crippen LogP contribution in [0.25, 0.3) is 10.1 Å². The minimum Gasteiger partial charge on any atom is -0.288 e. The maximum absolute atomic E-state index is 13.9. The molecular weight excluding hydrogens is 278 g/mol. The molecule has 0 saturated carbocycles. The Morgan fingerprint density at radius 3 is 2.55 bits per heavy atom. The van der Waals surface area contributed by atoms with Crippen molar-refractivity contribution < 1.29 is 13.6 Å². The van der Waals surface area contributed by atoms with E-state index in [9.17, 15) is 13.6 Å². The predicted octanol–water partition coefficient (Wildman–Crippen LogP) is 4.72. The molecule has 3 rings (SSSR count). The van der Waals surface area contributed by atoms with Crippen molar-refractivity contribution >= 4 is 27.2 Å². The minimum absolute atomic E-state index is 0.190. The summed E-state index contributed by atoms with van der Waals surface area (Å²) in [5.74, 6) is -2.52. The molecule has 1 heterocycles. The average Bonchev–Trinajstić information content (AvgIpc) is 2.88. The van der Waals surface area contributed by atoms with Gasteiger partial charge in [0.25, 0.3) is 0 Å². The normalized spacial score (nSPS) is 10.9. The zero-order valence-electron chi connectivity index (χ0n) is 10.6. The van der Waals surface area contributed by atoms with Crippen molar-refractivity contribution in [1.29, 1.82) is 0 Å². The fourth-order valence-electron chi connectivity index (χ4n) is 2.05. The molecule has 0 saturated heterocycles. The van der Waals surface area contributed by atoms with E-state index in [-0.39, 0.29) is 11.1 Å². The van der Waals surface area contributed by atoms with Gasteiger partial charge < -0.3 is 0 Å². The van der Waals surface area contributed by atoms with E-state index in [4.69, 9.17) is 0 Å². The third-order valence-electron chi connectivity index (χ3n) is 3.17. The molecule has 0 radical (unpaired) electrons. The fourth-order valence-corrected chi connectivity index (χ4v) is 3.06. The second kappa shape index (κ2) is 4.80. The van der Waals surface area contributed by atoms with Crippen LogP contribution in [0.2, 0.25) is 0 Å². The van der Waals surface area contributed by atoms with Crippen LogP contribution in [0.15, 0.2) is 42.5 Å². The van der Waals surface area contributed by atoms with Gasteiger partial charge in [0.2, 0.25) is 5.78 Å². The molecule has 0 spiro atoms. The van der Waals surface area contributed by atoms with Gasteiger partial charge in [-0.2, -0.15) is 0 Å². The highest BCUT2D eigenvalue weighted by molar-refractivity contribution is 7.21. The Hall–Kier alpha value is -2.07. The molecule has 3 aromatic rings. The van der Waals surface area contributed by atoms with Crippen molar-refractivity contribution in [3.8, 4) is 0 Å². The Labute approximate surface area is 118 Å². The lowest BCUT2D eigenvalue weighted by atomic mass is 10.1. The second-order valence-electron chi connectivity index (χ2n) is 4.54. The maximum atomic E-state index is 13.9. The summed E-state index contributed by atoms with van der Waals surface area (Å²) in [5, 5.41) is 0.925. The molecule has 0 aliphatic heterocycles. The van der Waals surface area contributed by atoms with Gasteiger partial charge in [0, 0.05) is 4.70 Å². The molecule has 0 fully saturated rings. The molecule has 0 amide bonds. The van der Waals surface area contributed by atoms with Gasteiger partial charge in [-0.15, -0.1) is 11.3 Å². The highest BCUT2D eigenvalue weighted by Crippen LogP contribution is 2.28. The van der Waals surface area contributed by atoms with Crippen molar-refractivity contribution in [2.45, 2.75) is 6.92 Å². The van der Waals surface area contributed by atoms with Crippen molar-refractivity contribution in [3.63, 3.8) is 0 Å². The van der Waals surface area contributed by atoms with E-state index < -0.39 is 17.4 Å². The molecule has 1 aromatic heterocycles. The van der Waals surface area contributed by atoms with E-state index in [1.165, 1.54) is 30.4 Å². The topological polar surface area (TPSA) is 17.1 Å². The summed E-state index contributed by atoms with van der Waals surface area (Å²) in [7, 11) is 0. The summed E-state index contributed by atoms with van der Waals surface area (Å²) in [5.41, 5.74) is -0.0324. The molecule has 100 valence electrons. The van der Waals surface area contributed by atoms with E-state index in [1.54, 1.807) is 6.07 Å². The lowest BCUT2D eigenvalue weighted by molar-refractivity contribution is 0.103. The van der Waals surface area contributed by atoms with E-state index in [0.29, 0.717) is 4.88 Å². The molecule has 0 atom stereocenters. The molecule has 4 heteroatoms.